The first-order valence-corrected chi connectivity index (χ1v) is 11.6. The molecule has 0 aliphatic carbocycles. The van der Waals surface area contributed by atoms with Crippen LogP contribution in [0.15, 0.2) is 84.1 Å². The van der Waals surface area contributed by atoms with Crippen molar-refractivity contribution in [2.24, 2.45) is 0 Å². The van der Waals surface area contributed by atoms with Crippen LogP contribution < -0.4 is 14.2 Å². The fourth-order valence-corrected chi connectivity index (χ4v) is 4.01. The highest BCUT2D eigenvalue weighted by atomic mass is 32.2. The second-order valence-electron chi connectivity index (χ2n) is 7.21. The number of nitrogens with zero attached hydrogens (tertiary/aromatic N) is 3. The van der Waals surface area contributed by atoms with Crippen LogP contribution in [0.1, 0.15) is 11.1 Å². The van der Waals surface area contributed by atoms with E-state index in [0.717, 1.165) is 16.7 Å². The molecule has 9 heteroatoms. The van der Waals surface area contributed by atoms with Crippen LogP contribution in [0, 0.1) is 6.92 Å². The van der Waals surface area contributed by atoms with Crippen molar-refractivity contribution >= 4 is 15.8 Å². The molecule has 0 radical (unpaired) electrons. The summed E-state index contributed by atoms with van der Waals surface area (Å²) in [5.41, 5.74) is 3.02. The number of anilines is 1. The number of hydrogen-bond donors (Lipinski definition) is 1. The van der Waals surface area contributed by atoms with Crippen LogP contribution in [0.4, 0.5) is 5.82 Å². The van der Waals surface area contributed by atoms with E-state index in [1.165, 1.54) is 18.3 Å². The van der Waals surface area contributed by atoms with Crippen molar-refractivity contribution in [3.63, 3.8) is 0 Å². The van der Waals surface area contributed by atoms with Gasteiger partial charge in [-0.3, -0.25) is 9.71 Å². The maximum Gasteiger partial charge on any atom is 0.263 e. The van der Waals surface area contributed by atoms with Crippen molar-refractivity contribution in [3.8, 4) is 22.9 Å². The predicted molar refractivity (Wildman–Crippen MR) is 125 cm³/mol. The van der Waals surface area contributed by atoms with Gasteiger partial charge >= 0.3 is 0 Å². The fourth-order valence-electron chi connectivity index (χ4n) is 3.00. The van der Waals surface area contributed by atoms with E-state index in [2.05, 4.69) is 19.7 Å². The molecule has 0 bridgehead atoms. The smallest absolute Gasteiger partial charge is 0.263 e. The number of nitrogens with one attached hydrogen (secondary N) is 1. The number of ether oxygens (including phenoxy) is 2. The summed E-state index contributed by atoms with van der Waals surface area (Å²) in [6.07, 6.45) is 4.81. The SMILES string of the molecule is COc1cccc(-c2cnc(NS(=O)(=O)c3ccc(C)cc3)c(OCc3cccnc3)n2)c1. The quantitative estimate of drug-likeness (QED) is 0.418. The van der Waals surface area contributed by atoms with Crippen molar-refractivity contribution in [2.75, 3.05) is 11.8 Å². The van der Waals surface area contributed by atoms with Crippen LogP contribution in [0.2, 0.25) is 0 Å². The van der Waals surface area contributed by atoms with E-state index < -0.39 is 10.0 Å². The maximum absolute atomic E-state index is 12.9. The topological polar surface area (TPSA) is 103 Å². The lowest BCUT2D eigenvalue weighted by atomic mass is 10.1. The largest absolute Gasteiger partial charge is 0.497 e. The second-order valence-corrected chi connectivity index (χ2v) is 8.89. The Bertz CT molecular complexity index is 1340. The molecular weight excluding hydrogens is 440 g/mol. The number of hydrogen-bond acceptors (Lipinski definition) is 7. The Kier molecular flexibility index (Phi) is 6.50. The normalized spacial score (nSPS) is 11.1. The average Bonchev–Trinajstić information content (AvgIpc) is 2.84. The molecule has 0 atom stereocenters. The van der Waals surface area contributed by atoms with Crippen molar-refractivity contribution in [2.45, 2.75) is 18.4 Å². The number of methoxy groups -OCH3 is 1. The highest BCUT2D eigenvalue weighted by molar-refractivity contribution is 7.92. The van der Waals surface area contributed by atoms with Crippen LogP contribution in [-0.2, 0) is 16.6 Å². The van der Waals surface area contributed by atoms with Gasteiger partial charge in [-0.05, 0) is 37.3 Å². The highest BCUT2D eigenvalue weighted by Crippen LogP contribution is 2.29. The zero-order chi connectivity index (χ0) is 23.3. The van der Waals surface area contributed by atoms with Gasteiger partial charge in [0.15, 0.2) is 0 Å². The van der Waals surface area contributed by atoms with E-state index in [-0.39, 0.29) is 23.2 Å². The van der Waals surface area contributed by atoms with Crippen LogP contribution in [0.25, 0.3) is 11.3 Å². The van der Waals surface area contributed by atoms with Crippen molar-refractivity contribution in [1.82, 2.24) is 15.0 Å². The molecule has 4 rings (SSSR count). The monoisotopic (exact) mass is 462 g/mol. The molecule has 2 heterocycles. The summed E-state index contributed by atoms with van der Waals surface area (Å²) in [6.45, 7) is 2.03. The zero-order valence-corrected chi connectivity index (χ0v) is 18.9. The molecular formula is C24H22N4O4S. The average molecular weight is 463 g/mol. The van der Waals surface area contributed by atoms with Crippen LogP contribution in [0.5, 0.6) is 11.6 Å². The highest BCUT2D eigenvalue weighted by Gasteiger charge is 2.20. The third-order valence-electron chi connectivity index (χ3n) is 4.77. The number of rotatable bonds is 8. The van der Waals surface area contributed by atoms with Gasteiger partial charge in [-0.15, -0.1) is 0 Å². The number of sulfonamides is 1. The minimum absolute atomic E-state index is 0.00823. The Labute approximate surface area is 192 Å². The lowest BCUT2D eigenvalue weighted by molar-refractivity contribution is 0.294. The molecule has 0 unspecified atom stereocenters. The van der Waals surface area contributed by atoms with E-state index >= 15 is 0 Å². The molecule has 0 spiro atoms. The Morgan fingerprint density at radius 2 is 1.82 bits per heavy atom. The Balaban J connectivity index is 1.69. The molecule has 2 aromatic heterocycles. The molecule has 8 nitrogen and oxygen atoms in total. The van der Waals surface area contributed by atoms with E-state index in [1.807, 2.05) is 37.3 Å². The van der Waals surface area contributed by atoms with Crippen LogP contribution in [0.3, 0.4) is 0 Å². The summed E-state index contributed by atoms with van der Waals surface area (Å²) in [7, 11) is -2.31. The lowest BCUT2D eigenvalue weighted by Gasteiger charge is -2.14. The van der Waals surface area contributed by atoms with Gasteiger partial charge in [-0.25, -0.2) is 18.4 Å². The van der Waals surface area contributed by atoms with Gasteiger partial charge in [-0.2, -0.15) is 0 Å². The molecule has 4 aromatic rings. The van der Waals surface area contributed by atoms with Crippen molar-refractivity contribution in [3.05, 3.63) is 90.4 Å². The number of benzene rings is 2. The van der Waals surface area contributed by atoms with E-state index in [0.29, 0.717) is 11.4 Å². The summed E-state index contributed by atoms with van der Waals surface area (Å²) >= 11 is 0. The first kappa shape index (κ1) is 22.2. The van der Waals surface area contributed by atoms with Gasteiger partial charge in [0.25, 0.3) is 15.9 Å². The standard InChI is InChI=1S/C24H22N4O4S/c1-17-8-10-21(11-9-17)33(29,30)28-23-24(32-16-18-5-4-12-25-14-18)27-22(15-26-23)19-6-3-7-20(13-19)31-2/h3-15H,16H2,1-2H3,(H,26,28). The Hall–Kier alpha value is -3.98. The number of aryl methyl sites for hydroxylation is 1. The predicted octanol–water partition coefficient (Wildman–Crippen LogP) is 4.24. The number of pyridine rings is 1. The number of aromatic nitrogens is 3. The zero-order valence-electron chi connectivity index (χ0n) is 18.1. The molecule has 0 saturated carbocycles. The molecule has 1 N–H and O–H groups in total. The molecule has 2 aromatic carbocycles. The third kappa shape index (κ3) is 5.45. The third-order valence-corrected chi connectivity index (χ3v) is 6.12. The fraction of sp³-hybridized carbons (Fsp3) is 0.125. The van der Waals surface area contributed by atoms with Gasteiger partial charge in [0.05, 0.1) is 23.9 Å². The van der Waals surface area contributed by atoms with Crippen molar-refractivity contribution in [1.29, 1.82) is 0 Å². The van der Waals surface area contributed by atoms with E-state index in [4.69, 9.17) is 9.47 Å². The van der Waals surface area contributed by atoms with Gasteiger partial charge in [0.2, 0.25) is 5.82 Å². The first-order valence-electron chi connectivity index (χ1n) is 10.1. The van der Waals surface area contributed by atoms with E-state index in [9.17, 15) is 8.42 Å². The van der Waals surface area contributed by atoms with Crippen LogP contribution in [-0.4, -0.2) is 30.5 Å². The summed E-state index contributed by atoms with van der Waals surface area (Å²) in [6, 6.07) is 17.5. The first-order chi connectivity index (χ1) is 15.9. The minimum Gasteiger partial charge on any atom is -0.497 e. The van der Waals surface area contributed by atoms with Gasteiger partial charge < -0.3 is 9.47 Å². The molecule has 0 aliphatic heterocycles. The molecule has 168 valence electrons. The summed E-state index contributed by atoms with van der Waals surface area (Å²) in [4.78, 5) is 13.0. The molecule has 0 amide bonds. The molecule has 0 saturated heterocycles. The summed E-state index contributed by atoms with van der Waals surface area (Å²) in [5.74, 6) is 0.706. The van der Waals surface area contributed by atoms with E-state index in [1.54, 1.807) is 37.7 Å². The van der Waals surface area contributed by atoms with Gasteiger partial charge in [-0.1, -0.05) is 35.9 Å². The lowest BCUT2D eigenvalue weighted by Crippen LogP contribution is -2.15. The van der Waals surface area contributed by atoms with Gasteiger partial charge in [0.1, 0.15) is 12.4 Å². The summed E-state index contributed by atoms with van der Waals surface area (Å²) in [5, 5.41) is 0. The maximum atomic E-state index is 12.9. The van der Waals surface area contributed by atoms with Crippen LogP contribution >= 0.6 is 0 Å². The second kappa shape index (κ2) is 9.66. The van der Waals surface area contributed by atoms with Crippen molar-refractivity contribution < 1.29 is 17.9 Å². The molecule has 0 aliphatic rings. The Morgan fingerprint density at radius 1 is 1.00 bits per heavy atom. The van der Waals surface area contributed by atoms with Gasteiger partial charge in [0, 0.05) is 23.5 Å². The minimum atomic E-state index is -3.89. The molecule has 0 fully saturated rings. The Morgan fingerprint density at radius 3 is 2.55 bits per heavy atom. The summed E-state index contributed by atoms with van der Waals surface area (Å²) < 4.78 is 39.5. The molecule has 33 heavy (non-hydrogen) atoms.